The summed E-state index contributed by atoms with van der Waals surface area (Å²) in [5, 5.41) is 12.3. The molecule has 0 aliphatic heterocycles. The minimum atomic E-state index is -0.952. The molecule has 0 saturated carbocycles. The second kappa shape index (κ2) is 6.31. The minimum absolute atomic E-state index is 0.235. The van der Waals surface area contributed by atoms with E-state index in [9.17, 15) is 4.79 Å². The number of aromatic carboxylic acids is 1. The molecule has 0 amide bonds. The van der Waals surface area contributed by atoms with E-state index in [1.54, 1.807) is 19.2 Å². The van der Waals surface area contributed by atoms with Crippen LogP contribution >= 0.6 is 0 Å². The number of carbonyl (C=O) groups is 1. The summed E-state index contributed by atoms with van der Waals surface area (Å²) in [7, 11) is 1.57. The fourth-order valence-electron chi connectivity index (χ4n) is 2.09. The number of aryl methyl sites for hydroxylation is 2. The molecule has 2 aromatic carbocycles. The van der Waals surface area contributed by atoms with Crippen LogP contribution < -0.4 is 10.1 Å². The maximum Gasteiger partial charge on any atom is 0.335 e. The van der Waals surface area contributed by atoms with Gasteiger partial charge in [0.2, 0.25) is 0 Å². The van der Waals surface area contributed by atoms with Crippen LogP contribution in [0.3, 0.4) is 0 Å². The lowest BCUT2D eigenvalue weighted by atomic mass is 10.1. The smallest absolute Gasteiger partial charge is 0.335 e. The summed E-state index contributed by atoms with van der Waals surface area (Å²) in [6.45, 7) is 4.76. The first-order valence-electron chi connectivity index (χ1n) is 6.72. The van der Waals surface area contributed by atoms with Crippen molar-refractivity contribution in [3.8, 4) is 5.75 Å². The van der Waals surface area contributed by atoms with Crippen molar-refractivity contribution in [1.82, 2.24) is 0 Å². The van der Waals surface area contributed by atoms with Crippen molar-refractivity contribution in [3.05, 3.63) is 58.7 Å². The van der Waals surface area contributed by atoms with Gasteiger partial charge in [-0.15, -0.1) is 0 Å². The molecule has 2 rings (SSSR count). The van der Waals surface area contributed by atoms with E-state index >= 15 is 0 Å². The first-order valence-corrected chi connectivity index (χ1v) is 6.72. The predicted molar refractivity (Wildman–Crippen MR) is 83.2 cm³/mol. The van der Waals surface area contributed by atoms with Crippen molar-refractivity contribution in [2.45, 2.75) is 20.4 Å². The highest BCUT2D eigenvalue weighted by molar-refractivity contribution is 5.89. The molecule has 0 aliphatic carbocycles. The Morgan fingerprint density at radius 2 is 1.90 bits per heavy atom. The molecule has 0 atom stereocenters. The Bertz CT molecular complexity index is 665. The van der Waals surface area contributed by atoms with E-state index in [0.29, 0.717) is 18.0 Å². The summed E-state index contributed by atoms with van der Waals surface area (Å²) >= 11 is 0. The number of rotatable bonds is 5. The second-order valence-electron chi connectivity index (χ2n) is 4.99. The van der Waals surface area contributed by atoms with Crippen molar-refractivity contribution in [3.63, 3.8) is 0 Å². The first-order chi connectivity index (χ1) is 10.0. The third-order valence-electron chi connectivity index (χ3n) is 3.50. The Labute approximate surface area is 124 Å². The van der Waals surface area contributed by atoms with Gasteiger partial charge < -0.3 is 15.2 Å². The fraction of sp³-hybridized carbons (Fsp3) is 0.235. The highest BCUT2D eigenvalue weighted by Crippen LogP contribution is 2.26. The van der Waals surface area contributed by atoms with Gasteiger partial charge in [-0.2, -0.15) is 0 Å². The number of anilines is 1. The van der Waals surface area contributed by atoms with E-state index in [2.05, 4.69) is 37.4 Å². The Morgan fingerprint density at radius 1 is 1.14 bits per heavy atom. The molecule has 4 nitrogen and oxygen atoms in total. The standard InChI is InChI=1S/C17H19NO3/c1-11-4-5-13(8-12(11)2)10-18-15-9-14(17(19)20)6-7-16(15)21-3/h4-9,18H,10H2,1-3H3,(H,19,20). The molecule has 110 valence electrons. The SMILES string of the molecule is COc1ccc(C(=O)O)cc1NCc1ccc(C)c(C)c1. The summed E-state index contributed by atoms with van der Waals surface area (Å²) in [6.07, 6.45) is 0. The van der Waals surface area contributed by atoms with Gasteiger partial charge in [-0.3, -0.25) is 0 Å². The quantitative estimate of drug-likeness (QED) is 0.881. The predicted octanol–water partition coefficient (Wildman–Crippen LogP) is 3.62. The Balaban J connectivity index is 2.19. The zero-order valence-electron chi connectivity index (χ0n) is 12.4. The molecule has 2 aromatic rings. The molecule has 0 saturated heterocycles. The lowest BCUT2D eigenvalue weighted by molar-refractivity contribution is 0.0697. The van der Waals surface area contributed by atoms with Gasteiger partial charge in [0.25, 0.3) is 0 Å². The van der Waals surface area contributed by atoms with E-state index in [1.807, 2.05) is 0 Å². The van der Waals surface area contributed by atoms with Crippen LogP contribution in [0.2, 0.25) is 0 Å². The van der Waals surface area contributed by atoms with Gasteiger partial charge >= 0.3 is 5.97 Å². The lowest BCUT2D eigenvalue weighted by Gasteiger charge is -2.13. The van der Waals surface area contributed by atoms with Gasteiger partial charge in [-0.1, -0.05) is 18.2 Å². The summed E-state index contributed by atoms with van der Waals surface area (Å²) in [5.41, 5.74) is 4.54. The molecule has 21 heavy (non-hydrogen) atoms. The molecule has 0 radical (unpaired) electrons. The molecule has 0 aliphatic rings. The number of methoxy groups -OCH3 is 1. The molecule has 0 bridgehead atoms. The minimum Gasteiger partial charge on any atom is -0.495 e. The van der Waals surface area contributed by atoms with Crippen molar-refractivity contribution in [2.75, 3.05) is 12.4 Å². The molecule has 0 fully saturated rings. The molecule has 0 aromatic heterocycles. The number of hydrogen-bond acceptors (Lipinski definition) is 3. The number of nitrogens with one attached hydrogen (secondary N) is 1. The average Bonchev–Trinajstić information content (AvgIpc) is 2.48. The Morgan fingerprint density at radius 3 is 2.52 bits per heavy atom. The third-order valence-corrected chi connectivity index (χ3v) is 3.50. The normalized spacial score (nSPS) is 10.2. The van der Waals surface area contributed by atoms with Crippen molar-refractivity contribution >= 4 is 11.7 Å². The maximum absolute atomic E-state index is 11.0. The van der Waals surface area contributed by atoms with E-state index in [-0.39, 0.29) is 5.56 Å². The van der Waals surface area contributed by atoms with Crippen LogP contribution in [0.5, 0.6) is 5.75 Å². The number of hydrogen-bond donors (Lipinski definition) is 2. The molecular weight excluding hydrogens is 266 g/mol. The summed E-state index contributed by atoms with van der Waals surface area (Å²) < 4.78 is 5.26. The molecule has 0 unspecified atom stereocenters. The number of ether oxygens (including phenoxy) is 1. The van der Waals surface area contributed by atoms with Crippen LogP contribution in [0, 0.1) is 13.8 Å². The summed E-state index contributed by atoms with van der Waals surface area (Å²) in [5.74, 6) is -0.323. The van der Waals surface area contributed by atoms with E-state index in [4.69, 9.17) is 9.84 Å². The number of carboxylic acid groups (broad SMARTS) is 1. The van der Waals surface area contributed by atoms with E-state index in [1.165, 1.54) is 17.2 Å². The van der Waals surface area contributed by atoms with Crippen molar-refractivity contribution in [1.29, 1.82) is 0 Å². The van der Waals surface area contributed by atoms with Crippen LogP contribution in [0.15, 0.2) is 36.4 Å². The molecule has 4 heteroatoms. The van der Waals surface area contributed by atoms with Crippen LogP contribution in [0.4, 0.5) is 5.69 Å². The molecule has 0 heterocycles. The van der Waals surface area contributed by atoms with Gasteiger partial charge in [0.05, 0.1) is 18.4 Å². The van der Waals surface area contributed by atoms with Gasteiger partial charge in [-0.05, 0) is 48.7 Å². The summed E-state index contributed by atoms with van der Waals surface area (Å²) in [6, 6.07) is 11.0. The van der Waals surface area contributed by atoms with Crippen LogP contribution in [0.1, 0.15) is 27.0 Å². The zero-order valence-corrected chi connectivity index (χ0v) is 12.4. The van der Waals surface area contributed by atoms with Crippen LogP contribution in [0.25, 0.3) is 0 Å². The Kier molecular flexibility index (Phi) is 4.48. The lowest BCUT2D eigenvalue weighted by Crippen LogP contribution is -2.04. The zero-order chi connectivity index (χ0) is 15.4. The van der Waals surface area contributed by atoms with Crippen molar-refractivity contribution < 1.29 is 14.6 Å². The van der Waals surface area contributed by atoms with Crippen LogP contribution in [-0.2, 0) is 6.54 Å². The monoisotopic (exact) mass is 285 g/mol. The first kappa shape index (κ1) is 14.9. The third kappa shape index (κ3) is 3.54. The van der Waals surface area contributed by atoms with Gasteiger partial charge in [-0.25, -0.2) is 4.79 Å². The van der Waals surface area contributed by atoms with E-state index in [0.717, 1.165) is 5.56 Å². The largest absolute Gasteiger partial charge is 0.495 e. The molecular formula is C17H19NO3. The Hall–Kier alpha value is -2.49. The highest BCUT2D eigenvalue weighted by atomic mass is 16.5. The number of benzene rings is 2. The topological polar surface area (TPSA) is 58.6 Å². The molecule has 0 spiro atoms. The fourth-order valence-corrected chi connectivity index (χ4v) is 2.09. The van der Waals surface area contributed by atoms with Gasteiger partial charge in [0.15, 0.2) is 0 Å². The summed E-state index contributed by atoms with van der Waals surface area (Å²) in [4.78, 5) is 11.0. The van der Waals surface area contributed by atoms with Crippen molar-refractivity contribution in [2.24, 2.45) is 0 Å². The van der Waals surface area contributed by atoms with Gasteiger partial charge in [0.1, 0.15) is 5.75 Å². The highest BCUT2D eigenvalue weighted by Gasteiger charge is 2.09. The molecule has 2 N–H and O–H groups in total. The van der Waals surface area contributed by atoms with Gasteiger partial charge in [0, 0.05) is 6.54 Å². The van der Waals surface area contributed by atoms with Crippen LogP contribution in [-0.4, -0.2) is 18.2 Å². The number of carboxylic acids is 1. The maximum atomic E-state index is 11.0. The average molecular weight is 285 g/mol. The van der Waals surface area contributed by atoms with E-state index < -0.39 is 5.97 Å². The second-order valence-corrected chi connectivity index (χ2v) is 4.99.